The van der Waals surface area contributed by atoms with Gasteiger partial charge in [-0.2, -0.15) is 5.10 Å². The van der Waals surface area contributed by atoms with Gasteiger partial charge in [0.1, 0.15) is 11.4 Å². The molecule has 17 heavy (non-hydrogen) atoms. The lowest BCUT2D eigenvalue weighted by atomic mass is 9.92. The Labute approximate surface area is 102 Å². The third-order valence-electron chi connectivity index (χ3n) is 2.07. The molecular formula is C12H21N3O2. The number of rotatable bonds is 0. The molecule has 0 fully saturated rings. The molecule has 0 aliphatic rings. The Balaban J connectivity index is 3.00. The van der Waals surface area contributed by atoms with Crippen LogP contribution in [0.3, 0.4) is 0 Å². The van der Waals surface area contributed by atoms with Gasteiger partial charge in [0.15, 0.2) is 0 Å². The molecule has 0 saturated carbocycles. The summed E-state index contributed by atoms with van der Waals surface area (Å²) < 4.78 is 6.32. The largest absolute Gasteiger partial charge is 0.442 e. The lowest BCUT2D eigenvalue weighted by Gasteiger charge is -2.19. The van der Waals surface area contributed by atoms with Gasteiger partial charge in [-0.05, 0) is 20.8 Å². The lowest BCUT2D eigenvalue weighted by molar-refractivity contribution is 0.0518. The molecule has 0 saturated heterocycles. The van der Waals surface area contributed by atoms with E-state index in [1.54, 1.807) is 26.8 Å². The first-order chi connectivity index (χ1) is 7.50. The van der Waals surface area contributed by atoms with Gasteiger partial charge in [0, 0.05) is 11.5 Å². The number of nitrogens with two attached hydrogens (primary N) is 1. The number of nitrogens with zero attached hydrogens (tertiary/aromatic N) is 2. The molecule has 0 amide bonds. The van der Waals surface area contributed by atoms with Crippen molar-refractivity contribution in [3.05, 3.63) is 11.8 Å². The number of hydrogen-bond acceptors (Lipinski definition) is 4. The highest BCUT2D eigenvalue weighted by Crippen LogP contribution is 2.23. The summed E-state index contributed by atoms with van der Waals surface area (Å²) in [6.07, 6.45) is -0.550. The summed E-state index contributed by atoms with van der Waals surface area (Å²) in [4.78, 5) is 11.8. The number of anilines is 1. The third kappa shape index (κ3) is 3.47. The van der Waals surface area contributed by atoms with Crippen molar-refractivity contribution in [2.24, 2.45) is 0 Å². The van der Waals surface area contributed by atoms with E-state index < -0.39 is 11.7 Å². The Morgan fingerprint density at radius 1 is 1.29 bits per heavy atom. The zero-order chi connectivity index (χ0) is 13.4. The quantitative estimate of drug-likeness (QED) is 0.755. The van der Waals surface area contributed by atoms with Gasteiger partial charge in [0.2, 0.25) is 0 Å². The second-order valence-corrected chi connectivity index (χ2v) is 6.10. The minimum atomic E-state index is -0.558. The maximum atomic E-state index is 11.8. The first-order valence-corrected chi connectivity index (χ1v) is 5.60. The molecule has 0 spiro atoms. The maximum absolute atomic E-state index is 11.8. The SMILES string of the molecule is CC(C)(C)OC(=O)n1nc(C(C)(C)C)cc1N. The minimum Gasteiger partial charge on any atom is -0.442 e. The smallest absolute Gasteiger partial charge is 0.437 e. The highest BCUT2D eigenvalue weighted by atomic mass is 16.6. The van der Waals surface area contributed by atoms with Crippen molar-refractivity contribution in [3.8, 4) is 0 Å². The molecular weight excluding hydrogens is 218 g/mol. The highest BCUT2D eigenvalue weighted by Gasteiger charge is 2.24. The van der Waals surface area contributed by atoms with E-state index in [4.69, 9.17) is 10.5 Å². The van der Waals surface area contributed by atoms with Gasteiger partial charge in [-0.15, -0.1) is 4.68 Å². The molecule has 0 radical (unpaired) electrons. The van der Waals surface area contributed by atoms with Crippen LogP contribution in [0, 0.1) is 0 Å². The van der Waals surface area contributed by atoms with Gasteiger partial charge in [0.25, 0.3) is 0 Å². The summed E-state index contributed by atoms with van der Waals surface area (Å²) in [5.41, 5.74) is 5.81. The number of hydrogen-bond donors (Lipinski definition) is 1. The molecule has 1 heterocycles. The normalized spacial score (nSPS) is 12.6. The number of aromatic nitrogens is 2. The minimum absolute atomic E-state index is 0.151. The number of ether oxygens (including phenoxy) is 1. The van der Waals surface area contributed by atoms with Crippen LogP contribution in [-0.2, 0) is 10.2 Å². The molecule has 5 nitrogen and oxygen atoms in total. The zero-order valence-electron chi connectivity index (χ0n) is 11.4. The fraction of sp³-hybridized carbons (Fsp3) is 0.667. The number of carbonyl (C=O) groups excluding carboxylic acids is 1. The molecule has 5 heteroatoms. The monoisotopic (exact) mass is 239 g/mol. The van der Waals surface area contributed by atoms with Crippen LogP contribution in [0.1, 0.15) is 47.2 Å². The summed E-state index contributed by atoms with van der Waals surface area (Å²) in [6.45, 7) is 11.4. The van der Waals surface area contributed by atoms with Crippen LogP contribution in [0.2, 0.25) is 0 Å². The van der Waals surface area contributed by atoms with Crippen molar-refractivity contribution < 1.29 is 9.53 Å². The Bertz CT molecular complexity index is 422. The molecule has 1 aromatic rings. The first kappa shape index (κ1) is 13.5. The predicted molar refractivity (Wildman–Crippen MR) is 67.0 cm³/mol. The van der Waals surface area contributed by atoms with E-state index in [0.29, 0.717) is 5.82 Å². The molecule has 96 valence electrons. The van der Waals surface area contributed by atoms with Crippen LogP contribution >= 0.6 is 0 Å². The summed E-state index contributed by atoms with van der Waals surface area (Å²) >= 11 is 0. The van der Waals surface area contributed by atoms with Crippen LogP contribution in [0.25, 0.3) is 0 Å². The van der Waals surface area contributed by atoms with E-state index in [9.17, 15) is 4.79 Å². The Morgan fingerprint density at radius 3 is 2.18 bits per heavy atom. The molecule has 0 atom stereocenters. The van der Waals surface area contributed by atoms with Crippen LogP contribution in [0.15, 0.2) is 6.07 Å². The molecule has 0 aromatic carbocycles. The van der Waals surface area contributed by atoms with Gasteiger partial charge >= 0.3 is 6.09 Å². The van der Waals surface area contributed by atoms with Gasteiger partial charge in [0.05, 0.1) is 5.69 Å². The van der Waals surface area contributed by atoms with E-state index in [1.807, 2.05) is 20.8 Å². The summed E-state index contributed by atoms with van der Waals surface area (Å²) in [6, 6.07) is 1.70. The zero-order valence-corrected chi connectivity index (χ0v) is 11.4. The Morgan fingerprint density at radius 2 is 1.82 bits per heavy atom. The maximum Gasteiger partial charge on any atom is 0.437 e. The average molecular weight is 239 g/mol. The van der Waals surface area contributed by atoms with Crippen molar-refractivity contribution in [2.45, 2.75) is 52.6 Å². The molecule has 0 aliphatic carbocycles. The molecule has 2 N–H and O–H groups in total. The topological polar surface area (TPSA) is 70.1 Å². The highest BCUT2D eigenvalue weighted by molar-refractivity contribution is 5.73. The van der Waals surface area contributed by atoms with E-state index in [-0.39, 0.29) is 5.41 Å². The van der Waals surface area contributed by atoms with Gasteiger partial charge in [-0.1, -0.05) is 20.8 Å². The molecule has 1 aromatic heterocycles. The number of carbonyl (C=O) groups is 1. The molecule has 0 bridgehead atoms. The number of nitrogen functional groups attached to an aromatic ring is 1. The van der Waals surface area contributed by atoms with Gasteiger partial charge < -0.3 is 10.5 Å². The standard InChI is InChI=1S/C12H21N3O2/c1-11(2,3)8-7-9(13)15(14-8)10(16)17-12(4,5)6/h7H,13H2,1-6H3. The fourth-order valence-corrected chi connectivity index (χ4v) is 1.21. The van der Waals surface area contributed by atoms with Crippen LogP contribution < -0.4 is 5.73 Å². The predicted octanol–water partition coefficient (Wildman–Crippen LogP) is 2.55. The van der Waals surface area contributed by atoms with Crippen LogP contribution in [-0.4, -0.2) is 21.5 Å². The van der Waals surface area contributed by atoms with E-state index in [1.165, 1.54) is 0 Å². The van der Waals surface area contributed by atoms with Crippen molar-refractivity contribution in [1.29, 1.82) is 0 Å². The Kier molecular flexibility index (Phi) is 3.23. The van der Waals surface area contributed by atoms with Gasteiger partial charge in [-0.25, -0.2) is 4.79 Å². The summed E-state index contributed by atoms with van der Waals surface area (Å²) in [5.74, 6) is 0.296. The van der Waals surface area contributed by atoms with Crippen molar-refractivity contribution in [3.63, 3.8) is 0 Å². The van der Waals surface area contributed by atoms with E-state index in [0.717, 1.165) is 10.4 Å². The fourth-order valence-electron chi connectivity index (χ4n) is 1.21. The second-order valence-electron chi connectivity index (χ2n) is 6.10. The molecule has 0 unspecified atom stereocenters. The van der Waals surface area contributed by atoms with Crippen LogP contribution in [0.5, 0.6) is 0 Å². The Hall–Kier alpha value is -1.52. The average Bonchev–Trinajstić information content (AvgIpc) is 2.42. The van der Waals surface area contributed by atoms with Crippen molar-refractivity contribution >= 4 is 11.9 Å². The summed E-state index contributed by atoms with van der Waals surface area (Å²) in [7, 11) is 0. The van der Waals surface area contributed by atoms with Crippen molar-refractivity contribution in [2.75, 3.05) is 5.73 Å². The summed E-state index contributed by atoms with van der Waals surface area (Å²) in [5, 5.41) is 4.18. The van der Waals surface area contributed by atoms with E-state index in [2.05, 4.69) is 5.10 Å². The molecule has 1 rings (SSSR count). The third-order valence-corrected chi connectivity index (χ3v) is 2.07. The first-order valence-electron chi connectivity index (χ1n) is 5.60. The van der Waals surface area contributed by atoms with E-state index >= 15 is 0 Å². The molecule has 0 aliphatic heterocycles. The van der Waals surface area contributed by atoms with Crippen LogP contribution in [0.4, 0.5) is 10.6 Å². The van der Waals surface area contributed by atoms with Gasteiger partial charge in [-0.3, -0.25) is 0 Å². The van der Waals surface area contributed by atoms with Crippen molar-refractivity contribution in [1.82, 2.24) is 9.78 Å². The lowest BCUT2D eigenvalue weighted by Crippen LogP contribution is -2.28. The second kappa shape index (κ2) is 4.05.